The van der Waals surface area contributed by atoms with Gasteiger partial charge in [0.2, 0.25) is 0 Å². The highest BCUT2D eigenvalue weighted by atomic mass is 19.3. The van der Waals surface area contributed by atoms with Gasteiger partial charge in [-0.25, -0.2) is 9.07 Å². The zero-order valence-corrected chi connectivity index (χ0v) is 17.1. The van der Waals surface area contributed by atoms with E-state index < -0.39 is 11.8 Å². The maximum absolute atomic E-state index is 13.4. The molecule has 1 amide bonds. The molecule has 1 saturated heterocycles. The first-order chi connectivity index (χ1) is 14.8. The Bertz CT molecular complexity index is 1120. The average molecular weight is 428 g/mol. The summed E-state index contributed by atoms with van der Waals surface area (Å²) in [6, 6.07) is 11.9. The Morgan fingerprint density at radius 2 is 1.81 bits per heavy atom. The highest BCUT2D eigenvalue weighted by Gasteiger charge is 2.46. The minimum Gasteiger partial charge on any atom is -0.366 e. The summed E-state index contributed by atoms with van der Waals surface area (Å²) < 4.78 is 41.8. The van der Waals surface area contributed by atoms with E-state index in [9.17, 15) is 18.0 Å². The van der Waals surface area contributed by atoms with E-state index in [0.29, 0.717) is 25.8 Å². The van der Waals surface area contributed by atoms with Crippen LogP contribution in [0.4, 0.5) is 18.9 Å². The topological polar surface area (TPSA) is 50.2 Å². The number of amides is 1. The molecule has 0 radical (unpaired) electrons. The molecule has 0 spiro atoms. The van der Waals surface area contributed by atoms with E-state index in [-0.39, 0.29) is 17.9 Å². The molecule has 2 fully saturated rings. The Kier molecular flexibility index (Phi) is 4.68. The van der Waals surface area contributed by atoms with E-state index in [1.807, 2.05) is 18.2 Å². The smallest absolute Gasteiger partial charge is 0.321 e. The molecule has 5 nitrogen and oxygen atoms in total. The summed E-state index contributed by atoms with van der Waals surface area (Å²) in [7, 11) is 0. The predicted molar refractivity (Wildman–Crippen MR) is 112 cm³/mol. The Hall–Kier alpha value is -3.03. The lowest BCUT2D eigenvalue weighted by atomic mass is 10.0. The molecular weight excluding hydrogens is 405 g/mol. The maximum atomic E-state index is 13.4. The van der Waals surface area contributed by atoms with Gasteiger partial charge in [-0.15, -0.1) is 0 Å². The third-order valence-corrected chi connectivity index (χ3v) is 6.23. The van der Waals surface area contributed by atoms with Crippen molar-refractivity contribution < 1.29 is 18.0 Å². The zero-order valence-electron chi connectivity index (χ0n) is 17.1. The van der Waals surface area contributed by atoms with Crippen LogP contribution in [0, 0.1) is 11.7 Å². The van der Waals surface area contributed by atoms with Gasteiger partial charge in [0.25, 0.3) is 5.91 Å². The molecule has 2 aliphatic rings. The standard InChI is InChI=1S/C23H23F3N4O/c1-23(25,26)22(31)28-19-10-11-29(21(19)14-2-3-14)18-8-9-20-15(12-18)13-27-30(20)17-6-4-16(24)5-7-17/h4-9,12-14,19,21H,2-3,10-11H2,1H3,(H,28,31)/t19-,21?/m0/s1. The lowest BCUT2D eigenvalue weighted by Crippen LogP contribution is -2.50. The van der Waals surface area contributed by atoms with Crippen LogP contribution in [0.3, 0.4) is 0 Å². The molecule has 162 valence electrons. The van der Waals surface area contributed by atoms with Gasteiger partial charge in [-0.2, -0.15) is 13.9 Å². The summed E-state index contributed by atoms with van der Waals surface area (Å²) in [4.78, 5) is 14.1. The minimum absolute atomic E-state index is 0.0101. The molecular formula is C23H23F3N4O. The first kappa shape index (κ1) is 19.9. The lowest BCUT2D eigenvalue weighted by molar-refractivity contribution is -0.143. The number of hydrogen-bond acceptors (Lipinski definition) is 3. The fraction of sp³-hybridized carbons (Fsp3) is 0.391. The summed E-state index contributed by atoms with van der Waals surface area (Å²) in [6.45, 7) is 1.33. The number of halogens is 3. The number of carbonyl (C=O) groups is 1. The van der Waals surface area contributed by atoms with Crippen LogP contribution in [0.1, 0.15) is 26.2 Å². The molecule has 2 aromatic carbocycles. The monoisotopic (exact) mass is 428 g/mol. The van der Waals surface area contributed by atoms with Gasteiger partial charge < -0.3 is 10.2 Å². The van der Waals surface area contributed by atoms with Crippen LogP contribution in [0.2, 0.25) is 0 Å². The molecule has 3 aromatic rings. The fourth-order valence-electron chi connectivity index (χ4n) is 4.58. The molecule has 1 N–H and O–H groups in total. The number of hydrogen-bond donors (Lipinski definition) is 1. The summed E-state index contributed by atoms with van der Waals surface area (Å²) in [5, 5.41) is 7.96. The molecule has 1 saturated carbocycles. The Morgan fingerprint density at radius 1 is 1.10 bits per heavy atom. The molecule has 0 bridgehead atoms. The van der Waals surface area contributed by atoms with Crippen LogP contribution >= 0.6 is 0 Å². The van der Waals surface area contributed by atoms with Crippen molar-refractivity contribution in [2.75, 3.05) is 11.4 Å². The van der Waals surface area contributed by atoms with E-state index in [4.69, 9.17) is 0 Å². The highest BCUT2D eigenvalue weighted by molar-refractivity contribution is 5.85. The third kappa shape index (κ3) is 3.75. The molecule has 2 atom stereocenters. The second-order valence-electron chi connectivity index (χ2n) is 8.55. The van der Waals surface area contributed by atoms with E-state index in [2.05, 4.69) is 15.3 Å². The van der Waals surface area contributed by atoms with Crippen LogP contribution in [-0.2, 0) is 4.79 Å². The molecule has 8 heteroatoms. The largest absolute Gasteiger partial charge is 0.366 e. The van der Waals surface area contributed by atoms with Crippen molar-refractivity contribution in [2.24, 2.45) is 5.92 Å². The van der Waals surface area contributed by atoms with Crippen molar-refractivity contribution in [2.45, 2.75) is 44.2 Å². The summed E-state index contributed by atoms with van der Waals surface area (Å²) in [5.74, 6) is -4.49. The van der Waals surface area contributed by atoms with Gasteiger partial charge in [0.15, 0.2) is 0 Å². The van der Waals surface area contributed by atoms with Crippen LogP contribution in [0.15, 0.2) is 48.7 Å². The number of benzene rings is 2. The number of alkyl halides is 2. The van der Waals surface area contributed by atoms with Gasteiger partial charge >= 0.3 is 5.92 Å². The molecule has 1 aliphatic heterocycles. The van der Waals surface area contributed by atoms with Crippen LogP contribution in [0.25, 0.3) is 16.6 Å². The van der Waals surface area contributed by atoms with Crippen molar-refractivity contribution >= 4 is 22.5 Å². The molecule has 1 aliphatic carbocycles. The molecule has 2 heterocycles. The van der Waals surface area contributed by atoms with Gasteiger partial charge in [-0.3, -0.25) is 4.79 Å². The number of nitrogens with zero attached hydrogens (tertiary/aromatic N) is 3. The van der Waals surface area contributed by atoms with Crippen molar-refractivity contribution in [1.82, 2.24) is 15.1 Å². The molecule has 1 aromatic heterocycles. The average Bonchev–Trinajstić information content (AvgIpc) is 3.35. The van der Waals surface area contributed by atoms with Crippen LogP contribution in [0.5, 0.6) is 0 Å². The first-order valence-electron chi connectivity index (χ1n) is 10.5. The van der Waals surface area contributed by atoms with Crippen molar-refractivity contribution in [3.05, 3.63) is 54.5 Å². The van der Waals surface area contributed by atoms with Crippen molar-refractivity contribution in [1.29, 1.82) is 0 Å². The number of nitrogens with one attached hydrogen (secondary N) is 1. The fourth-order valence-corrected chi connectivity index (χ4v) is 4.58. The third-order valence-electron chi connectivity index (χ3n) is 6.23. The minimum atomic E-state index is -3.38. The summed E-state index contributed by atoms with van der Waals surface area (Å²) >= 11 is 0. The van der Waals surface area contributed by atoms with Gasteiger partial charge in [-0.1, -0.05) is 0 Å². The number of anilines is 1. The normalized spacial score (nSPS) is 21.6. The summed E-state index contributed by atoms with van der Waals surface area (Å²) in [5.41, 5.74) is 2.65. The summed E-state index contributed by atoms with van der Waals surface area (Å²) in [6.07, 6.45) is 4.48. The van der Waals surface area contributed by atoms with E-state index in [1.165, 1.54) is 12.1 Å². The van der Waals surface area contributed by atoms with Crippen LogP contribution < -0.4 is 10.2 Å². The molecule has 5 rings (SSSR count). The van der Waals surface area contributed by atoms with Crippen LogP contribution in [-0.4, -0.2) is 40.2 Å². The lowest BCUT2D eigenvalue weighted by Gasteiger charge is -2.31. The van der Waals surface area contributed by atoms with Gasteiger partial charge in [0.1, 0.15) is 5.82 Å². The second-order valence-corrected chi connectivity index (χ2v) is 8.55. The van der Waals surface area contributed by atoms with Crippen molar-refractivity contribution in [3.63, 3.8) is 0 Å². The number of carbonyl (C=O) groups excluding carboxylic acids is 1. The molecule has 1 unspecified atom stereocenters. The number of fused-ring (bicyclic) bond motifs is 1. The number of rotatable bonds is 5. The Labute approximate surface area is 177 Å². The van der Waals surface area contributed by atoms with Crippen molar-refractivity contribution in [3.8, 4) is 5.69 Å². The van der Waals surface area contributed by atoms with E-state index in [1.54, 1.807) is 23.0 Å². The highest BCUT2D eigenvalue weighted by Crippen LogP contribution is 2.42. The maximum Gasteiger partial charge on any atom is 0.321 e. The zero-order chi connectivity index (χ0) is 21.8. The Balaban J connectivity index is 1.42. The quantitative estimate of drug-likeness (QED) is 0.660. The molecule has 31 heavy (non-hydrogen) atoms. The Morgan fingerprint density at radius 3 is 2.48 bits per heavy atom. The SMILES string of the molecule is CC(F)(F)C(=O)N[C@H]1CCN(c2ccc3c(cnn3-c3ccc(F)cc3)c2)C1C1CC1. The number of aromatic nitrogens is 2. The van der Waals surface area contributed by atoms with Gasteiger partial charge in [0, 0.05) is 24.5 Å². The van der Waals surface area contributed by atoms with Gasteiger partial charge in [0.05, 0.1) is 29.5 Å². The predicted octanol–water partition coefficient (Wildman–Crippen LogP) is 4.29. The van der Waals surface area contributed by atoms with E-state index in [0.717, 1.165) is 35.1 Å². The second kappa shape index (κ2) is 7.28. The van der Waals surface area contributed by atoms with Gasteiger partial charge in [-0.05, 0) is 67.6 Å². The van der Waals surface area contributed by atoms with E-state index >= 15 is 0 Å². The first-order valence-corrected chi connectivity index (χ1v) is 10.5.